The molecule has 0 radical (unpaired) electrons. The molecule has 0 aliphatic heterocycles. The number of hydrogen-bond donors (Lipinski definition) is 2. The van der Waals surface area contributed by atoms with E-state index in [0.29, 0.717) is 10.9 Å². The average Bonchev–Trinajstić information content (AvgIpc) is 2.53. The van der Waals surface area contributed by atoms with Crippen LogP contribution in [0.15, 0.2) is 30.3 Å². The van der Waals surface area contributed by atoms with E-state index in [9.17, 15) is 9.90 Å². The summed E-state index contributed by atoms with van der Waals surface area (Å²) in [5.41, 5.74) is 1.03. The molecule has 0 amide bonds. The predicted molar refractivity (Wildman–Crippen MR) is 83.8 cm³/mol. The first-order valence-corrected chi connectivity index (χ1v) is 7.61. The minimum absolute atomic E-state index is 0.304. The second kappa shape index (κ2) is 6.12. The standard InChI is InChI=1S/C17H20N2O2/c20-17(21)14-7-4-8-15-13(14)9-10-16(19-15)18-11-12-5-2-1-3-6-12/h4,7-10,12H,1-3,5-6,11H2,(H,18,19)(H,20,21). The highest BCUT2D eigenvalue weighted by atomic mass is 16.4. The normalized spacial score (nSPS) is 16.0. The minimum Gasteiger partial charge on any atom is -0.478 e. The topological polar surface area (TPSA) is 62.2 Å². The number of carbonyl (C=O) groups is 1. The number of hydrogen-bond acceptors (Lipinski definition) is 3. The van der Waals surface area contributed by atoms with Crippen molar-refractivity contribution in [3.8, 4) is 0 Å². The van der Waals surface area contributed by atoms with Gasteiger partial charge in [-0.15, -0.1) is 0 Å². The third-order valence-electron chi connectivity index (χ3n) is 4.26. The molecule has 0 spiro atoms. The molecule has 4 nitrogen and oxygen atoms in total. The fraction of sp³-hybridized carbons (Fsp3) is 0.412. The first-order chi connectivity index (χ1) is 10.2. The van der Waals surface area contributed by atoms with Crippen LogP contribution in [0.2, 0.25) is 0 Å². The number of anilines is 1. The summed E-state index contributed by atoms with van der Waals surface area (Å²) in [6.45, 7) is 0.955. The van der Waals surface area contributed by atoms with Crippen molar-refractivity contribution in [3.63, 3.8) is 0 Å². The maximum Gasteiger partial charge on any atom is 0.336 e. The number of carboxylic acids is 1. The second-order valence-electron chi connectivity index (χ2n) is 5.76. The van der Waals surface area contributed by atoms with Gasteiger partial charge in [-0.3, -0.25) is 0 Å². The lowest BCUT2D eigenvalue weighted by Crippen LogP contribution is -2.17. The first kappa shape index (κ1) is 13.9. The van der Waals surface area contributed by atoms with Crippen LogP contribution >= 0.6 is 0 Å². The SMILES string of the molecule is O=C(O)c1cccc2nc(NCC3CCCCC3)ccc12. The smallest absolute Gasteiger partial charge is 0.336 e. The fourth-order valence-electron chi connectivity index (χ4n) is 3.08. The van der Waals surface area contributed by atoms with E-state index in [-0.39, 0.29) is 0 Å². The largest absolute Gasteiger partial charge is 0.478 e. The van der Waals surface area contributed by atoms with E-state index >= 15 is 0 Å². The van der Waals surface area contributed by atoms with Crippen molar-refractivity contribution in [1.82, 2.24) is 4.98 Å². The van der Waals surface area contributed by atoms with Gasteiger partial charge in [0, 0.05) is 11.9 Å². The lowest BCUT2D eigenvalue weighted by atomic mass is 9.89. The van der Waals surface area contributed by atoms with Gasteiger partial charge in [0.2, 0.25) is 0 Å². The summed E-state index contributed by atoms with van der Waals surface area (Å²) in [4.78, 5) is 15.7. The van der Waals surface area contributed by atoms with Crippen LogP contribution in [0.4, 0.5) is 5.82 Å². The minimum atomic E-state index is -0.912. The number of carboxylic acid groups (broad SMARTS) is 1. The zero-order valence-electron chi connectivity index (χ0n) is 12.0. The number of benzene rings is 1. The first-order valence-electron chi connectivity index (χ1n) is 7.61. The number of aromatic nitrogens is 1. The number of nitrogens with one attached hydrogen (secondary N) is 1. The fourth-order valence-corrected chi connectivity index (χ4v) is 3.08. The molecular formula is C17H20N2O2. The molecule has 0 saturated heterocycles. The molecule has 0 bridgehead atoms. The van der Waals surface area contributed by atoms with E-state index in [1.807, 2.05) is 18.2 Å². The number of rotatable bonds is 4. The van der Waals surface area contributed by atoms with Crippen LogP contribution in [-0.4, -0.2) is 22.6 Å². The molecule has 1 fully saturated rings. The van der Waals surface area contributed by atoms with E-state index in [1.165, 1.54) is 32.1 Å². The van der Waals surface area contributed by atoms with Crippen molar-refractivity contribution < 1.29 is 9.90 Å². The molecule has 1 aliphatic carbocycles. The van der Waals surface area contributed by atoms with Gasteiger partial charge < -0.3 is 10.4 Å². The van der Waals surface area contributed by atoms with Gasteiger partial charge in [0.15, 0.2) is 0 Å². The van der Waals surface area contributed by atoms with Gasteiger partial charge in [0.1, 0.15) is 5.82 Å². The van der Waals surface area contributed by atoms with Crippen molar-refractivity contribution in [2.45, 2.75) is 32.1 Å². The van der Waals surface area contributed by atoms with E-state index in [1.54, 1.807) is 12.1 Å². The van der Waals surface area contributed by atoms with E-state index in [2.05, 4.69) is 10.3 Å². The Bertz CT molecular complexity index is 648. The molecule has 1 aromatic heterocycles. The van der Waals surface area contributed by atoms with E-state index < -0.39 is 5.97 Å². The van der Waals surface area contributed by atoms with Crippen LogP contribution in [0.3, 0.4) is 0 Å². The van der Waals surface area contributed by atoms with Crippen LogP contribution in [0.5, 0.6) is 0 Å². The van der Waals surface area contributed by atoms with Gasteiger partial charge in [-0.05, 0) is 43.0 Å². The molecule has 3 rings (SSSR count). The molecular weight excluding hydrogens is 264 g/mol. The average molecular weight is 284 g/mol. The predicted octanol–water partition coefficient (Wildman–Crippen LogP) is 3.93. The number of aromatic carboxylic acids is 1. The van der Waals surface area contributed by atoms with Crippen LogP contribution in [0, 0.1) is 5.92 Å². The summed E-state index contributed by atoms with van der Waals surface area (Å²) >= 11 is 0. The monoisotopic (exact) mass is 284 g/mol. The lowest BCUT2D eigenvalue weighted by molar-refractivity contribution is 0.0699. The Morgan fingerprint density at radius 3 is 2.76 bits per heavy atom. The molecule has 110 valence electrons. The van der Waals surface area contributed by atoms with Gasteiger partial charge in [0.25, 0.3) is 0 Å². The molecule has 0 atom stereocenters. The van der Waals surface area contributed by atoms with E-state index in [0.717, 1.165) is 23.8 Å². The Morgan fingerprint density at radius 2 is 2.00 bits per heavy atom. The Labute approximate surface area is 124 Å². The highest BCUT2D eigenvalue weighted by Crippen LogP contribution is 2.24. The molecule has 1 heterocycles. The zero-order valence-corrected chi connectivity index (χ0v) is 12.0. The van der Waals surface area contributed by atoms with Crippen LogP contribution in [0.25, 0.3) is 10.9 Å². The zero-order chi connectivity index (χ0) is 14.7. The van der Waals surface area contributed by atoms with Gasteiger partial charge in [0.05, 0.1) is 11.1 Å². The summed E-state index contributed by atoms with van der Waals surface area (Å²) in [7, 11) is 0. The van der Waals surface area contributed by atoms with Crippen LogP contribution in [0.1, 0.15) is 42.5 Å². The third-order valence-corrected chi connectivity index (χ3v) is 4.26. The molecule has 4 heteroatoms. The molecule has 2 N–H and O–H groups in total. The maximum atomic E-state index is 11.2. The van der Waals surface area contributed by atoms with Crippen molar-refractivity contribution >= 4 is 22.7 Å². The van der Waals surface area contributed by atoms with Crippen molar-refractivity contribution in [1.29, 1.82) is 0 Å². The molecule has 21 heavy (non-hydrogen) atoms. The van der Waals surface area contributed by atoms with Crippen LogP contribution in [-0.2, 0) is 0 Å². The summed E-state index contributed by atoms with van der Waals surface area (Å²) in [6, 6.07) is 8.92. The molecule has 2 aromatic rings. The summed E-state index contributed by atoms with van der Waals surface area (Å²) in [5.74, 6) is 0.655. The Kier molecular flexibility index (Phi) is 4.04. The van der Waals surface area contributed by atoms with Gasteiger partial charge in [-0.2, -0.15) is 0 Å². The highest BCUT2D eigenvalue weighted by molar-refractivity contribution is 6.02. The Hall–Kier alpha value is -2.10. The number of fused-ring (bicyclic) bond motifs is 1. The van der Waals surface area contributed by atoms with Crippen LogP contribution < -0.4 is 5.32 Å². The lowest BCUT2D eigenvalue weighted by Gasteiger charge is -2.22. The van der Waals surface area contributed by atoms with Gasteiger partial charge in [-0.25, -0.2) is 9.78 Å². The maximum absolute atomic E-state index is 11.2. The molecule has 1 saturated carbocycles. The van der Waals surface area contributed by atoms with Gasteiger partial charge in [-0.1, -0.05) is 25.3 Å². The quantitative estimate of drug-likeness (QED) is 0.893. The Morgan fingerprint density at radius 1 is 1.19 bits per heavy atom. The summed E-state index contributed by atoms with van der Waals surface area (Å²) < 4.78 is 0. The molecule has 1 aliphatic rings. The highest BCUT2D eigenvalue weighted by Gasteiger charge is 2.13. The van der Waals surface area contributed by atoms with Crippen molar-refractivity contribution in [2.75, 3.05) is 11.9 Å². The molecule has 1 aromatic carbocycles. The Balaban J connectivity index is 1.76. The summed E-state index contributed by atoms with van der Waals surface area (Å²) in [6.07, 6.45) is 6.62. The third kappa shape index (κ3) is 3.15. The van der Waals surface area contributed by atoms with Crippen molar-refractivity contribution in [2.24, 2.45) is 5.92 Å². The second-order valence-corrected chi connectivity index (χ2v) is 5.76. The van der Waals surface area contributed by atoms with Crippen molar-refractivity contribution in [3.05, 3.63) is 35.9 Å². The van der Waals surface area contributed by atoms with E-state index in [4.69, 9.17) is 0 Å². The number of nitrogens with zero attached hydrogens (tertiary/aromatic N) is 1. The molecule has 0 unspecified atom stereocenters. The number of pyridine rings is 1. The summed E-state index contributed by atoms with van der Waals surface area (Å²) in [5, 5.41) is 13.3. The van der Waals surface area contributed by atoms with Gasteiger partial charge >= 0.3 is 5.97 Å².